The molecule has 0 bridgehead atoms. The predicted molar refractivity (Wildman–Crippen MR) is 88.7 cm³/mol. The second-order valence-electron chi connectivity index (χ2n) is 6.15. The van der Waals surface area contributed by atoms with E-state index in [2.05, 4.69) is 10.2 Å². The van der Waals surface area contributed by atoms with E-state index in [-0.39, 0.29) is 25.5 Å². The lowest BCUT2D eigenvalue weighted by molar-refractivity contribution is -0.153. The van der Waals surface area contributed by atoms with Crippen molar-refractivity contribution in [3.63, 3.8) is 0 Å². The standard InChI is InChI=1S/C17H17N5O3/c1-11-18-19-15-9-22(14(17(24)25)8-21(11)15)16(23)10-20-7-6-12-4-2-3-5-13(12)20/h2-7,14H,8-10H2,1H3,(H,24,25). The van der Waals surface area contributed by atoms with Gasteiger partial charge in [0.25, 0.3) is 0 Å². The Balaban J connectivity index is 1.63. The summed E-state index contributed by atoms with van der Waals surface area (Å²) < 4.78 is 3.59. The topological polar surface area (TPSA) is 93.2 Å². The molecule has 1 unspecified atom stereocenters. The zero-order valence-electron chi connectivity index (χ0n) is 13.7. The third-order valence-corrected chi connectivity index (χ3v) is 4.65. The Labute approximate surface area is 143 Å². The van der Waals surface area contributed by atoms with Crippen LogP contribution in [0.1, 0.15) is 11.6 Å². The maximum atomic E-state index is 12.8. The zero-order chi connectivity index (χ0) is 17.6. The fourth-order valence-corrected chi connectivity index (χ4v) is 3.30. The zero-order valence-corrected chi connectivity index (χ0v) is 13.7. The van der Waals surface area contributed by atoms with Gasteiger partial charge in [-0.05, 0) is 24.4 Å². The molecule has 8 nitrogen and oxygen atoms in total. The van der Waals surface area contributed by atoms with Crippen LogP contribution in [0.3, 0.4) is 0 Å². The van der Waals surface area contributed by atoms with Gasteiger partial charge < -0.3 is 19.1 Å². The van der Waals surface area contributed by atoms with E-state index >= 15 is 0 Å². The van der Waals surface area contributed by atoms with Crippen molar-refractivity contribution in [1.29, 1.82) is 0 Å². The van der Waals surface area contributed by atoms with E-state index < -0.39 is 12.0 Å². The largest absolute Gasteiger partial charge is 0.480 e. The van der Waals surface area contributed by atoms with Gasteiger partial charge in [0, 0.05) is 11.7 Å². The van der Waals surface area contributed by atoms with Gasteiger partial charge in [0.05, 0.1) is 13.1 Å². The van der Waals surface area contributed by atoms with Crippen molar-refractivity contribution in [2.75, 3.05) is 0 Å². The van der Waals surface area contributed by atoms with Crippen LogP contribution in [0.25, 0.3) is 10.9 Å². The number of nitrogens with zero attached hydrogens (tertiary/aromatic N) is 5. The van der Waals surface area contributed by atoms with Crippen molar-refractivity contribution < 1.29 is 14.7 Å². The van der Waals surface area contributed by atoms with E-state index in [4.69, 9.17) is 0 Å². The van der Waals surface area contributed by atoms with Crippen LogP contribution >= 0.6 is 0 Å². The number of aliphatic carboxylic acids is 1. The first-order valence-electron chi connectivity index (χ1n) is 7.99. The number of carboxylic acid groups (broad SMARTS) is 1. The molecule has 0 fully saturated rings. The van der Waals surface area contributed by atoms with Crippen LogP contribution in [-0.4, -0.2) is 47.3 Å². The van der Waals surface area contributed by atoms with Crippen molar-refractivity contribution in [2.24, 2.45) is 0 Å². The molecule has 1 atom stereocenters. The van der Waals surface area contributed by atoms with E-state index in [9.17, 15) is 14.7 Å². The number of benzene rings is 1. The van der Waals surface area contributed by atoms with Crippen LogP contribution in [-0.2, 0) is 29.2 Å². The predicted octanol–water partition coefficient (Wildman–Crippen LogP) is 1.04. The maximum Gasteiger partial charge on any atom is 0.328 e. The number of carbonyl (C=O) groups excluding carboxylic acids is 1. The third-order valence-electron chi connectivity index (χ3n) is 4.65. The minimum absolute atomic E-state index is 0.0877. The fraction of sp³-hybridized carbons (Fsp3) is 0.294. The Morgan fingerprint density at radius 2 is 2.04 bits per heavy atom. The Morgan fingerprint density at radius 1 is 1.24 bits per heavy atom. The second-order valence-corrected chi connectivity index (χ2v) is 6.15. The molecular weight excluding hydrogens is 322 g/mol. The second kappa shape index (κ2) is 5.73. The monoisotopic (exact) mass is 339 g/mol. The molecule has 0 radical (unpaired) electrons. The molecule has 1 N–H and O–H groups in total. The first-order valence-corrected chi connectivity index (χ1v) is 7.99. The number of rotatable bonds is 3. The van der Waals surface area contributed by atoms with Crippen molar-refractivity contribution in [2.45, 2.75) is 32.6 Å². The number of aryl methyl sites for hydroxylation is 1. The molecule has 25 heavy (non-hydrogen) atoms. The minimum Gasteiger partial charge on any atom is -0.480 e. The Kier molecular flexibility index (Phi) is 3.52. The van der Waals surface area contributed by atoms with E-state index in [1.165, 1.54) is 4.90 Å². The summed E-state index contributed by atoms with van der Waals surface area (Å²) in [5.74, 6) is -0.00409. The molecule has 3 heterocycles. The molecular formula is C17H17N5O3. The van der Waals surface area contributed by atoms with Crippen LogP contribution in [0, 0.1) is 6.92 Å². The molecule has 2 aromatic heterocycles. The van der Waals surface area contributed by atoms with Crippen molar-refractivity contribution >= 4 is 22.8 Å². The molecule has 3 aromatic rings. The molecule has 1 amide bonds. The molecule has 8 heteroatoms. The van der Waals surface area contributed by atoms with Gasteiger partial charge in [-0.3, -0.25) is 4.79 Å². The number of hydrogen-bond acceptors (Lipinski definition) is 4. The number of para-hydroxylation sites is 1. The van der Waals surface area contributed by atoms with E-state index in [1.807, 2.05) is 41.1 Å². The van der Waals surface area contributed by atoms with Crippen LogP contribution < -0.4 is 0 Å². The number of aromatic nitrogens is 4. The quantitative estimate of drug-likeness (QED) is 0.769. The lowest BCUT2D eigenvalue weighted by Crippen LogP contribution is -2.51. The molecule has 0 saturated heterocycles. The summed E-state index contributed by atoms with van der Waals surface area (Å²) in [6.45, 7) is 2.18. The van der Waals surface area contributed by atoms with Gasteiger partial charge in [0.1, 0.15) is 18.4 Å². The Hall–Kier alpha value is -3.16. The molecule has 0 spiro atoms. The smallest absolute Gasteiger partial charge is 0.328 e. The van der Waals surface area contributed by atoms with E-state index in [0.717, 1.165) is 10.9 Å². The number of carbonyl (C=O) groups is 2. The van der Waals surface area contributed by atoms with Crippen molar-refractivity contribution in [3.05, 3.63) is 48.2 Å². The molecule has 1 aliphatic rings. The Bertz CT molecular complexity index is 974. The van der Waals surface area contributed by atoms with Gasteiger partial charge in [-0.2, -0.15) is 0 Å². The lowest BCUT2D eigenvalue weighted by Gasteiger charge is -2.33. The highest BCUT2D eigenvalue weighted by atomic mass is 16.4. The fourth-order valence-electron chi connectivity index (χ4n) is 3.30. The summed E-state index contributed by atoms with van der Waals surface area (Å²) in [7, 11) is 0. The van der Waals surface area contributed by atoms with Crippen LogP contribution in [0.2, 0.25) is 0 Å². The highest BCUT2D eigenvalue weighted by Gasteiger charge is 2.36. The summed E-state index contributed by atoms with van der Waals surface area (Å²) in [5.41, 5.74) is 0.943. The summed E-state index contributed by atoms with van der Waals surface area (Å²) in [4.78, 5) is 25.9. The highest BCUT2D eigenvalue weighted by molar-refractivity contribution is 5.86. The summed E-state index contributed by atoms with van der Waals surface area (Å²) in [6, 6.07) is 8.78. The number of amides is 1. The van der Waals surface area contributed by atoms with E-state index in [1.54, 1.807) is 11.5 Å². The molecule has 0 aliphatic carbocycles. The Morgan fingerprint density at radius 3 is 2.84 bits per heavy atom. The first kappa shape index (κ1) is 15.4. The van der Waals surface area contributed by atoms with Crippen LogP contribution in [0.4, 0.5) is 0 Å². The SMILES string of the molecule is Cc1nnc2n1CC(C(=O)O)N(C(=O)Cn1ccc3ccccc31)C2. The van der Waals surface area contributed by atoms with Crippen molar-refractivity contribution in [1.82, 2.24) is 24.2 Å². The normalized spacial score (nSPS) is 16.8. The third kappa shape index (κ3) is 2.55. The number of hydrogen-bond donors (Lipinski definition) is 1. The summed E-state index contributed by atoms with van der Waals surface area (Å²) in [5, 5.41) is 18.6. The van der Waals surface area contributed by atoms with Gasteiger partial charge in [0.2, 0.25) is 5.91 Å². The molecule has 0 saturated carbocycles. The van der Waals surface area contributed by atoms with Crippen LogP contribution in [0.15, 0.2) is 36.5 Å². The molecule has 1 aliphatic heterocycles. The molecule has 128 valence electrons. The number of fused-ring (bicyclic) bond motifs is 2. The lowest BCUT2D eigenvalue weighted by atomic mass is 10.2. The number of carboxylic acids is 1. The molecule has 4 rings (SSSR count). The van der Waals surface area contributed by atoms with E-state index in [0.29, 0.717) is 11.6 Å². The van der Waals surface area contributed by atoms with Crippen LogP contribution in [0.5, 0.6) is 0 Å². The highest BCUT2D eigenvalue weighted by Crippen LogP contribution is 2.20. The van der Waals surface area contributed by atoms with Crippen molar-refractivity contribution in [3.8, 4) is 0 Å². The van der Waals surface area contributed by atoms with Gasteiger partial charge in [-0.25, -0.2) is 4.79 Å². The summed E-state index contributed by atoms with van der Waals surface area (Å²) in [6.07, 6.45) is 1.84. The van der Waals surface area contributed by atoms with Gasteiger partial charge >= 0.3 is 5.97 Å². The maximum absolute atomic E-state index is 12.8. The minimum atomic E-state index is -1.02. The van der Waals surface area contributed by atoms with Gasteiger partial charge in [0.15, 0.2) is 5.82 Å². The van der Waals surface area contributed by atoms with Gasteiger partial charge in [-0.15, -0.1) is 10.2 Å². The molecule has 1 aromatic carbocycles. The average molecular weight is 339 g/mol. The first-order chi connectivity index (χ1) is 12.0. The van der Waals surface area contributed by atoms with Gasteiger partial charge in [-0.1, -0.05) is 18.2 Å². The summed E-state index contributed by atoms with van der Waals surface area (Å²) >= 11 is 0. The average Bonchev–Trinajstić information content (AvgIpc) is 3.18.